The molecule has 0 radical (unpaired) electrons. The van der Waals surface area contributed by atoms with Crippen molar-refractivity contribution in [3.63, 3.8) is 0 Å². The molecule has 0 saturated heterocycles. The molecule has 0 aliphatic heterocycles. The number of hydrogen-bond acceptors (Lipinski definition) is 2. The van der Waals surface area contributed by atoms with Gasteiger partial charge in [0.1, 0.15) is 23.2 Å². The number of benzene rings is 2. The number of ether oxygens (including phenoxy) is 1. The smallest absolute Gasteiger partial charge is 0.244 e. The van der Waals surface area contributed by atoms with Gasteiger partial charge in [0, 0.05) is 23.3 Å². The van der Waals surface area contributed by atoms with Crippen molar-refractivity contribution >= 4 is 12.0 Å². The van der Waals surface area contributed by atoms with Crippen LogP contribution in [-0.4, -0.2) is 12.5 Å². The number of nitrogens with one attached hydrogen (secondary N) is 1. The molecule has 2 aromatic rings. The Morgan fingerprint density at radius 3 is 2.48 bits per heavy atom. The zero-order valence-corrected chi connectivity index (χ0v) is 15.5. The van der Waals surface area contributed by atoms with Gasteiger partial charge in [-0.1, -0.05) is 6.92 Å². The molecule has 0 bridgehead atoms. The van der Waals surface area contributed by atoms with Crippen molar-refractivity contribution in [1.29, 1.82) is 0 Å². The summed E-state index contributed by atoms with van der Waals surface area (Å²) in [5.74, 6) is -1.86. The predicted molar refractivity (Wildman–Crippen MR) is 98.9 cm³/mol. The summed E-state index contributed by atoms with van der Waals surface area (Å²) in [6.07, 6.45) is 3.54. The van der Waals surface area contributed by atoms with Crippen molar-refractivity contribution < 1.29 is 22.7 Å². The van der Waals surface area contributed by atoms with Gasteiger partial charge in [-0.15, -0.1) is 0 Å². The summed E-state index contributed by atoms with van der Waals surface area (Å²) in [6, 6.07) is 5.85. The minimum absolute atomic E-state index is 0.0620. The van der Waals surface area contributed by atoms with E-state index < -0.39 is 29.4 Å². The monoisotopic (exact) mass is 377 g/mol. The molecule has 0 spiro atoms. The highest BCUT2D eigenvalue weighted by molar-refractivity contribution is 5.92. The predicted octanol–water partition coefficient (Wildman–Crippen LogP) is 5.09. The molecule has 144 valence electrons. The number of hydrogen-bond donors (Lipinski definition) is 1. The number of amides is 1. The van der Waals surface area contributed by atoms with E-state index in [1.165, 1.54) is 49.4 Å². The number of rotatable bonds is 7. The molecular weight excluding hydrogens is 355 g/mol. The fourth-order valence-electron chi connectivity index (χ4n) is 2.41. The molecule has 0 aliphatic carbocycles. The van der Waals surface area contributed by atoms with Gasteiger partial charge in [0.05, 0.1) is 12.6 Å². The van der Waals surface area contributed by atoms with Crippen molar-refractivity contribution in [2.24, 2.45) is 0 Å². The maximum absolute atomic E-state index is 13.7. The Kier molecular flexibility index (Phi) is 7.05. The van der Waals surface area contributed by atoms with Gasteiger partial charge in [-0.05, 0) is 56.2 Å². The maximum Gasteiger partial charge on any atom is 0.244 e. The van der Waals surface area contributed by atoms with Gasteiger partial charge in [-0.3, -0.25) is 4.79 Å². The molecule has 0 unspecified atom stereocenters. The Bertz CT molecular complexity index is 826. The van der Waals surface area contributed by atoms with Gasteiger partial charge >= 0.3 is 0 Å². The van der Waals surface area contributed by atoms with Crippen molar-refractivity contribution in [3.05, 3.63) is 70.5 Å². The standard InChI is InChI=1S/C21H22F3NO2/c1-4-9-27-20-12-17(22)7-5-15(20)6-8-21(26)25-14(3)16-10-18(23)13(2)19(24)11-16/h5-8,10-12,14H,4,9H2,1-3H3,(H,25,26)/b8-6+/t14-/m1/s1. The second-order valence-corrected chi connectivity index (χ2v) is 6.20. The lowest BCUT2D eigenvalue weighted by molar-refractivity contribution is -0.117. The fraction of sp³-hybridized carbons (Fsp3) is 0.286. The van der Waals surface area contributed by atoms with E-state index in [2.05, 4.69) is 5.32 Å². The van der Waals surface area contributed by atoms with E-state index in [1.54, 1.807) is 6.92 Å². The molecule has 1 atom stereocenters. The van der Waals surface area contributed by atoms with Crippen LogP contribution in [0.3, 0.4) is 0 Å². The first-order valence-electron chi connectivity index (χ1n) is 8.68. The van der Waals surface area contributed by atoms with Gasteiger partial charge in [-0.25, -0.2) is 13.2 Å². The van der Waals surface area contributed by atoms with Gasteiger partial charge in [0.2, 0.25) is 5.91 Å². The third-order valence-electron chi connectivity index (χ3n) is 4.01. The van der Waals surface area contributed by atoms with Crippen LogP contribution in [0.1, 0.15) is 43.0 Å². The second kappa shape index (κ2) is 9.26. The summed E-state index contributed by atoms with van der Waals surface area (Å²) < 4.78 is 46.2. The Balaban J connectivity index is 2.09. The molecule has 0 saturated carbocycles. The highest BCUT2D eigenvalue weighted by Gasteiger charge is 2.13. The third-order valence-corrected chi connectivity index (χ3v) is 4.01. The van der Waals surface area contributed by atoms with Gasteiger partial charge < -0.3 is 10.1 Å². The van der Waals surface area contributed by atoms with Gasteiger partial charge in [0.25, 0.3) is 0 Å². The van der Waals surface area contributed by atoms with Crippen molar-refractivity contribution in [2.45, 2.75) is 33.2 Å². The SMILES string of the molecule is CCCOc1cc(F)ccc1/C=C/C(=O)N[C@H](C)c1cc(F)c(C)c(F)c1. The summed E-state index contributed by atoms with van der Waals surface area (Å²) in [6.45, 7) is 5.34. The maximum atomic E-state index is 13.7. The lowest BCUT2D eigenvalue weighted by Gasteiger charge is -2.14. The van der Waals surface area contributed by atoms with Crippen LogP contribution in [0.2, 0.25) is 0 Å². The summed E-state index contributed by atoms with van der Waals surface area (Å²) in [5, 5.41) is 2.64. The molecule has 2 rings (SSSR count). The number of halogens is 3. The molecule has 0 fully saturated rings. The molecular formula is C21H22F3NO2. The van der Waals surface area contributed by atoms with Crippen LogP contribution in [0.15, 0.2) is 36.4 Å². The first-order chi connectivity index (χ1) is 12.8. The van der Waals surface area contributed by atoms with Crippen LogP contribution in [0.4, 0.5) is 13.2 Å². The topological polar surface area (TPSA) is 38.3 Å². The molecule has 0 heterocycles. The normalized spacial score (nSPS) is 12.2. The van der Waals surface area contributed by atoms with E-state index in [1.807, 2.05) is 6.92 Å². The van der Waals surface area contributed by atoms with Crippen LogP contribution in [-0.2, 0) is 4.79 Å². The molecule has 1 N–H and O–H groups in total. The summed E-state index contributed by atoms with van der Waals surface area (Å²) in [5.41, 5.74) is 0.819. The molecule has 0 aliphatic rings. The lowest BCUT2D eigenvalue weighted by Crippen LogP contribution is -2.25. The summed E-state index contributed by atoms with van der Waals surface area (Å²) in [7, 11) is 0. The number of carbonyl (C=O) groups is 1. The zero-order chi connectivity index (χ0) is 20.0. The van der Waals surface area contributed by atoms with E-state index in [0.717, 1.165) is 6.42 Å². The van der Waals surface area contributed by atoms with E-state index >= 15 is 0 Å². The highest BCUT2D eigenvalue weighted by Crippen LogP contribution is 2.22. The zero-order valence-electron chi connectivity index (χ0n) is 15.5. The molecule has 2 aromatic carbocycles. The molecule has 6 heteroatoms. The first-order valence-corrected chi connectivity index (χ1v) is 8.68. The molecule has 27 heavy (non-hydrogen) atoms. The number of carbonyl (C=O) groups excluding carboxylic acids is 1. The molecule has 0 aromatic heterocycles. The van der Waals surface area contributed by atoms with Crippen LogP contribution in [0.5, 0.6) is 5.75 Å². The van der Waals surface area contributed by atoms with Crippen LogP contribution < -0.4 is 10.1 Å². The largest absolute Gasteiger partial charge is 0.493 e. The Morgan fingerprint density at radius 2 is 1.85 bits per heavy atom. The summed E-state index contributed by atoms with van der Waals surface area (Å²) >= 11 is 0. The van der Waals surface area contributed by atoms with Gasteiger partial charge in [-0.2, -0.15) is 0 Å². The molecule has 3 nitrogen and oxygen atoms in total. The quantitative estimate of drug-likeness (QED) is 0.683. The third kappa shape index (κ3) is 5.61. The Hall–Kier alpha value is -2.76. The van der Waals surface area contributed by atoms with Crippen molar-refractivity contribution in [3.8, 4) is 5.75 Å². The summed E-state index contributed by atoms with van der Waals surface area (Å²) in [4.78, 5) is 12.1. The van der Waals surface area contributed by atoms with Crippen LogP contribution in [0.25, 0.3) is 6.08 Å². The second-order valence-electron chi connectivity index (χ2n) is 6.20. The molecule has 1 amide bonds. The van der Waals surface area contributed by atoms with E-state index in [4.69, 9.17) is 4.74 Å². The van der Waals surface area contributed by atoms with Gasteiger partial charge in [0.15, 0.2) is 0 Å². The fourth-order valence-corrected chi connectivity index (χ4v) is 2.41. The minimum Gasteiger partial charge on any atom is -0.493 e. The minimum atomic E-state index is -0.661. The van der Waals surface area contributed by atoms with Crippen LogP contribution in [0, 0.1) is 24.4 Å². The van der Waals surface area contributed by atoms with Crippen molar-refractivity contribution in [1.82, 2.24) is 5.32 Å². The van der Waals surface area contributed by atoms with E-state index in [-0.39, 0.29) is 5.56 Å². The van der Waals surface area contributed by atoms with Crippen LogP contribution >= 0.6 is 0 Å². The Labute approximate surface area is 156 Å². The van der Waals surface area contributed by atoms with Crippen molar-refractivity contribution in [2.75, 3.05) is 6.61 Å². The Morgan fingerprint density at radius 1 is 1.19 bits per heavy atom. The first kappa shape index (κ1) is 20.6. The van der Waals surface area contributed by atoms with E-state index in [9.17, 15) is 18.0 Å². The highest BCUT2D eigenvalue weighted by atomic mass is 19.1. The average Bonchev–Trinajstić information content (AvgIpc) is 2.63. The van der Waals surface area contributed by atoms with E-state index in [0.29, 0.717) is 23.5 Å². The average molecular weight is 377 g/mol. The lowest BCUT2D eigenvalue weighted by atomic mass is 10.1.